The molecule has 0 aromatic heterocycles. The first kappa shape index (κ1) is 8.18. The molecule has 0 fully saturated rings. The van der Waals surface area contributed by atoms with Gasteiger partial charge in [-0.3, -0.25) is 0 Å². The molecule has 0 atom stereocenters. The van der Waals surface area contributed by atoms with E-state index in [4.69, 9.17) is 9.47 Å². The molecule has 1 aliphatic heterocycles. The average molecular weight is 154 g/mol. The van der Waals surface area contributed by atoms with Crippen LogP contribution in [0.15, 0.2) is 23.9 Å². The highest BCUT2D eigenvalue weighted by Crippen LogP contribution is 2.14. The summed E-state index contributed by atoms with van der Waals surface area (Å²) in [5.74, 6) is 0.650. The SMILES string of the molecule is CCCOC1=CCC(C)=CO1. The van der Waals surface area contributed by atoms with Gasteiger partial charge >= 0.3 is 0 Å². The first-order valence-electron chi connectivity index (χ1n) is 3.98. The van der Waals surface area contributed by atoms with Gasteiger partial charge in [-0.2, -0.15) is 0 Å². The van der Waals surface area contributed by atoms with Crippen molar-refractivity contribution in [1.29, 1.82) is 0 Å². The molecule has 11 heavy (non-hydrogen) atoms. The zero-order valence-electron chi connectivity index (χ0n) is 7.09. The summed E-state index contributed by atoms with van der Waals surface area (Å²) in [7, 11) is 0. The highest BCUT2D eigenvalue weighted by molar-refractivity contribution is 5.07. The smallest absolute Gasteiger partial charge is 0.280 e. The van der Waals surface area contributed by atoms with Crippen molar-refractivity contribution in [3.63, 3.8) is 0 Å². The molecule has 0 aromatic rings. The Hall–Kier alpha value is -0.920. The average Bonchev–Trinajstić information content (AvgIpc) is 2.04. The summed E-state index contributed by atoms with van der Waals surface area (Å²) >= 11 is 0. The third-order valence-corrected chi connectivity index (χ3v) is 1.42. The number of allylic oxidation sites excluding steroid dienone is 2. The molecule has 0 saturated carbocycles. The Kier molecular flexibility index (Phi) is 3.02. The van der Waals surface area contributed by atoms with Gasteiger partial charge in [-0.25, -0.2) is 0 Å². The molecule has 0 unspecified atom stereocenters. The lowest BCUT2D eigenvalue weighted by molar-refractivity contribution is 0.0769. The maximum atomic E-state index is 5.27. The minimum absolute atomic E-state index is 0.650. The van der Waals surface area contributed by atoms with Crippen LogP contribution in [0.3, 0.4) is 0 Å². The predicted molar refractivity (Wildman–Crippen MR) is 43.8 cm³/mol. The normalized spacial score (nSPS) is 16.5. The molecule has 0 aromatic carbocycles. The van der Waals surface area contributed by atoms with Crippen LogP contribution < -0.4 is 0 Å². The highest BCUT2D eigenvalue weighted by atomic mass is 16.7. The summed E-state index contributed by atoms with van der Waals surface area (Å²) in [6.45, 7) is 4.84. The van der Waals surface area contributed by atoms with E-state index in [-0.39, 0.29) is 0 Å². The van der Waals surface area contributed by atoms with Gasteiger partial charge in [0.1, 0.15) is 0 Å². The molecule has 0 radical (unpaired) electrons. The highest BCUT2D eigenvalue weighted by Gasteiger charge is 2.02. The van der Waals surface area contributed by atoms with Gasteiger partial charge in [-0.1, -0.05) is 6.92 Å². The van der Waals surface area contributed by atoms with E-state index in [1.807, 2.05) is 13.0 Å². The summed E-state index contributed by atoms with van der Waals surface area (Å²) in [4.78, 5) is 0. The van der Waals surface area contributed by atoms with Crippen LogP contribution in [0.2, 0.25) is 0 Å². The Labute approximate surface area is 67.5 Å². The number of hydrogen-bond acceptors (Lipinski definition) is 2. The van der Waals surface area contributed by atoms with E-state index in [0.717, 1.165) is 19.4 Å². The van der Waals surface area contributed by atoms with Crippen LogP contribution in [0.4, 0.5) is 0 Å². The second kappa shape index (κ2) is 4.06. The minimum Gasteiger partial charge on any atom is -0.465 e. The second-order valence-electron chi connectivity index (χ2n) is 2.66. The van der Waals surface area contributed by atoms with E-state index in [1.54, 1.807) is 6.26 Å². The molecular weight excluding hydrogens is 140 g/mol. The van der Waals surface area contributed by atoms with Crippen molar-refractivity contribution in [2.24, 2.45) is 0 Å². The molecule has 1 aliphatic rings. The second-order valence-corrected chi connectivity index (χ2v) is 2.66. The molecular formula is C9H14O2. The van der Waals surface area contributed by atoms with Crippen LogP contribution in [0.5, 0.6) is 0 Å². The summed E-state index contributed by atoms with van der Waals surface area (Å²) < 4.78 is 10.4. The van der Waals surface area contributed by atoms with Crippen molar-refractivity contribution in [2.75, 3.05) is 6.61 Å². The molecule has 0 amide bonds. The van der Waals surface area contributed by atoms with Gasteiger partial charge in [-0.15, -0.1) is 0 Å². The van der Waals surface area contributed by atoms with Crippen LogP contribution in [0, 0.1) is 0 Å². The molecule has 2 nitrogen and oxygen atoms in total. The molecule has 0 saturated heterocycles. The lowest BCUT2D eigenvalue weighted by Gasteiger charge is -2.12. The summed E-state index contributed by atoms with van der Waals surface area (Å²) in [5, 5.41) is 0. The fourth-order valence-corrected chi connectivity index (χ4v) is 0.795. The molecule has 0 spiro atoms. The van der Waals surface area contributed by atoms with E-state index in [1.165, 1.54) is 5.57 Å². The standard InChI is InChI=1S/C9H14O2/c1-3-6-10-9-5-4-8(2)7-11-9/h5,7H,3-4,6H2,1-2H3. The van der Waals surface area contributed by atoms with Crippen molar-refractivity contribution in [3.05, 3.63) is 23.9 Å². The van der Waals surface area contributed by atoms with E-state index in [9.17, 15) is 0 Å². The Morgan fingerprint density at radius 2 is 2.45 bits per heavy atom. The van der Waals surface area contributed by atoms with E-state index < -0.39 is 0 Å². The summed E-state index contributed by atoms with van der Waals surface area (Å²) in [5.41, 5.74) is 1.23. The molecule has 62 valence electrons. The van der Waals surface area contributed by atoms with Crippen LogP contribution in [0.25, 0.3) is 0 Å². The van der Waals surface area contributed by atoms with Crippen molar-refractivity contribution in [3.8, 4) is 0 Å². The van der Waals surface area contributed by atoms with Gasteiger partial charge < -0.3 is 9.47 Å². The van der Waals surface area contributed by atoms with Gasteiger partial charge in [0.15, 0.2) is 0 Å². The first-order valence-corrected chi connectivity index (χ1v) is 3.98. The van der Waals surface area contributed by atoms with Crippen molar-refractivity contribution in [2.45, 2.75) is 26.7 Å². The van der Waals surface area contributed by atoms with E-state index in [0.29, 0.717) is 5.95 Å². The monoisotopic (exact) mass is 154 g/mol. The fraction of sp³-hybridized carbons (Fsp3) is 0.556. The maximum absolute atomic E-state index is 5.27. The Balaban J connectivity index is 2.27. The zero-order chi connectivity index (χ0) is 8.10. The third kappa shape index (κ3) is 2.66. The van der Waals surface area contributed by atoms with Crippen LogP contribution in [-0.4, -0.2) is 6.61 Å². The van der Waals surface area contributed by atoms with Crippen LogP contribution in [-0.2, 0) is 9.47 Å². The Morgan fingerprint density at radius 1 is 1.64 bits per heavy atom. The van der Waals surface area contributed by atoms with Gasteiger partial charge in [-0.05, 0) is 25.3 Å². The molecule has 0 N–H and O–H groups in total. The largest absolute Gasteiger partial charge is 0.465 e. The number of hydrogen-bond donors (Lipinski definition) is 0. The maximum Gasteiger partial charge on any atom is 0.280 e. The predicted octanol–water partition coefficient (Wildman–Crippen LogP) is 2.58. The first-order chi connectivity index (χ1) is 5.33. The van der Waals surface area contributed by atoms with Gasteiger partial charge in [0.2, 0.25) is 0 Å². The quantitative estimate of drug-likeness (QED) is 0.622. The van der Waals surface area contributed by atoms with Crippen molar-refractivity contribution >= 4 is 0 Å². The van der Waals surface area contributed by atoms with Crippen LogP contribution in [0.1, 0.15) is 26.7 Å². The number of ether oxygens (including phenoxy) is 2. The van der Waals surface area contributed by atoms with E-state index >= 15 is 0 Å². The lowest BCUT2D eigenvalue weighted by atomic mass is 10.2. The molecule has 2 heteroatoms. The molecule has 0 aliphatic carbocycles. The Bertz CT molecular complexity index is 180. The zero-order valence-corrected chi connectivity index (χ0v) is 7.09. The van der Waals surface area contributed by atoms with Gasteiger partial charge in [0.05, 0.1) is 12.9 Å². The minimum atomic E-state index is 0.650. The Morgan fingerprint density at radius 3 is 3.00 bits per heavy atom. The van der Waals surface area contributed by atoms with Crippen molar-refractivity contribution in [1.82, 2.24) is 0 Å². The van der Waals surface area contributed by atoms with Gasteiger partial charge in [0, 0.05) is 6.08 Å². The molecule has 0 bridgehead atoms. The number of rotatable bonds is 3. The summed E-state index contributed by atoms with van der Waals surface area (Å²) in [6, 6.07) is 0. The van der Waals surface area contributed by atoms with E-state index in [2.05, 4.69) is 6.92 Å². The van der Waals surface area contributed by atoms with Crippen molar-refractivity contribution < 1.29 is 9.47 Å². The summed E-state index contributed by atoms with van der Waals surface area (Å²) in [6.07, 6.45) is 5.67. The lowest BCUT2D eigenvalue weighted by Crippen LogP contribution is -1.99. The fourth-order valence-electron chi connectivity index (χ4n) is 0.795. The third-order valence-electron chi connectivity index (χ3n) is 1.42. The molecule has 1 heterocycles. The van der Waals surface area contributed by atoms with Gasteiger partial charge in [0.25, 0.3) is 5.95 Å². The molecule has 1 rings (SSSR count). The van der Waals surface area contributed by atoms with Crippen LogP contribution >= 0.6 is 0 Å². The topological polar surface area (TPSA) is 18.5 Å².